The number of benzene rings is 1. The third kappa shape index (κ3) is 5.56. The molecule has 1 saturated heterocycles. The van der Waals surface area contributed by atoms with Crippen LogP contribution in [0.4, 0.5) is 0 Å². The van der Waals surface area contributed by atoms with Crippen LogP contribution < -0.4 is 10.6 Å². The van der Waals surface area contributed by atoms with Crippen LogP contribution in [-0.4, -0.2) is 59.9 Å². The van der Waals surface area contributed by atoms with Crippen LogP contribution in [0, 0.1) is 6.92 Å². The fraction of sp³-hybridized carbons (Fsp3) is 0.524. The van der Waals surface area contributed by atoms with Gasteiger partial charge in [0.25, 0.3) is 5.91 Å². The highest BCUT2D eigenvalue weighted by Gasteiger charge is 2.20. The number of rotatable bonds is 7. The molecule has 3 rings (SSSR count). The van der Waals surface area contributed by atoms with Crippen LogP contribution in [0.3, 0.4) is 0 Å². The minimum Gasteiger partial charge on any atom is -0.352 e. The van der Waals surface area contributed by atoms with Crippen LogP contribution in [0.25, 0.3) is 5.69 Å². The van der Waals surface area contributed by atoms with Crippen LogP contribution in [0.5, 0.6) is 0 Å². The van der Waals surface area contributed by atoms with E-state index in [-0.39, 0.29) is 24.2 Å². The molecule has 154 valence electrons. The largest absolute Gasteiger partial charge is 0.352 e. The number of hydrogen-bond acceptors (Lipinski definition) is 4. The SMILES string of the molecule is Cc1ccc(-n2ncc(C(=O)NCCCN3CCNCC3)c2C(C)C)cc1.Cl. The van der Waals surface area contributed by atoms with Crippen LogP contribution in [0.1, 0.15) is 47.8 Å². The average molecular weight is 406 g/mol. The molecule has 0 atom stereocenters. The number of nitrogens with one attached hydrogen (secondary N) is 2. The van der Waals surface area contributed by atoms with Crippen molar-refractivity contribution in [1.29, 1.82) is 0 Å². The Morgan fingerprint density at radius 3 is 2.54 bits per heavy atom. The van der Waals surface area contributed by atoms with Gasteiger partial charge in [0.15, 0.2) is 0 Å². The first-order valence-electron chi connectivity index (χ1n) is 9.92. The van der Waals surface area contributed by atoms with Crippen LogP contribution in [0.2, 0.25) is 0 Å². The van der Waals surface area contributed by atoms with Gasteiger partial charge in [0, 0.05) is 32.7 Å². The first-order valence-corrected chi connectivity index (χ1v) is 9.92. The van der Waals surface area contributed by atoms with Gasteiger partial charge in [0.1, 0.15) is 0 Å². The van der Waals surface area contributed by atoms with Gasteiger partial charge in [-0.1, -0.05) is 31.5 Å². The number of carbonyl (C=O) groups excluding carboxylic acids is 1. The van der Waals surface area contributed by atoms with Crippen LogP contribution in [-0.2, 0) is 0 Å². The van der Waals surface area contributed by atoms with Gasteiger partial charge in [-0.25, -0.2) is 4.68 Å². The molecule has 1 amide bonds. The predicted octanol–water partition coefficient (Wildman–Crippen LogP) is 2.75. The maximum atomic E-state index is 12.7. The summed E-state index contributed by atoms with van der Waals surface area (Å²) in [6, 6.07) is 8.22. The highest BCUT2D eigenvalue weighted by atomic mass is 35.5. The van der Waals surface area contributed by atoms with E-state index in [0.717, 1.165) is 50.5 Å². The van der Waals surface area contributed by atoms with E-state index in [1.165, 1.54) is 5.56 Å². The first-order chi connectivity index (χ1) is 13.1. The summed E-state index contributed by atoms with van der Waals surface area (Å²) in [6.45, 7) is 12.3. The van der Waals surface area contributed by atoms with E-state index in [1.807, 2.05) is 16.8 Å². The van der Waals surface area contributed by atoms with Gasteiger partial charge >= 0.3 is 0 Å². The number of aryl methyl sites for hydroxylation is 1. The second kappa shape index (κ2) is 10.6. The minimum atomic E-state index is -0.0302. The Hall–Kier alpha value is -1.89. The molecular formula is C21H32ClN5O. The van der Waals surface area contributed by atoms with Crippen molar-refractivity contribution in [2.24, 2.45) is 0 Å². The zero-order valence-corrected chi connectivity index (χ0v) is 17.9. The number of aromatic nitrogens is 2. The number of nitrogens with zero attached hydrogens (tertiary/aromatic N) is 3. The van der Waals surface area contributed by atoms with Crippen molar-refractivity contribution < 1.29 is 4.79 Å². The lowest BCUT2D eigenvalue weighted by atomic mass is 10.0. The molecule has 1 aliphatic rings. The highest BCUT2D eigenvalue weighted by Crippen LogP contribution is 2.23. The van der Waals surface area contributed by atoms with Crippen molar-refractivity contribution in [2.75, 3.05) is 39.3 Å². The van der Waals surface area contributed by atoms with Crippen LogP contribution in [0.15, 0.2) is 30.5 Å². The van der Waals surface area contributed by atoms with E-state index in [0.29, 0.717) is 12.1 Å². The van der Waals surface area contributed by atoms with Gasteiger partial charge in [-0.3, -0.25) is 4.79 Å². The van der Waals surface area contributed by atoms with Gasteiger partial charge in [0.2, 0.25) is 0 Å². The summed E-state index contributed by atoms with van der Waals surface area (Å²) in [5, 5.41) is 10.9. The summed E-state index contributed by atoms with van der Waals surface area (Å²) in [5.41, 5.74) is 3.83. The van der Waals surface area contributed by atoms with Crippen molar-refractivity contribution in [1.82, 2.24) is 25.3 Å². The molecule has 6 nitrogen and oxygen atoms in total. The zero-order valence-electron chi connectivity index (χ0n) is 17.1. The van der Waals surface area contributed by atoms with Gasteiger partial charge < -0.3 is 15.5 Å². The Kier molecular flexibility index (Phi) is 8.48. The Labute approximate surface area is 174 Å². The molecule has 1 aromatic carbocycles. The van der Waals surface area contributed by atoms with Crippen molar-refractivity contribution in [3.8, 4) is 5.69 Å². The van der Waals surface area contributed by atoms with Gasteiger partial charge in [-0.2, -0.15) is 5.10 Å². The normalized spacial score (nSPS) is 14.7. The maximum absolute atomic E-state index is 12.7. The van der Waals surface area contributed by atoms with E-state index in [1.54, 1.807) is 6.20 Å². The van der Waals surface area contributed by atoms with E-state index < -0.39 is 0 Å². The first kappa shape index (κ1) is 22.4. The zero-order chi connectivity index (χ0) is 19.2. The Morgan fingerprint density at radius 1 is 1.21 bits per heavy atom. The van der Waals surface area contributed by atoms with Crippen molar-refractivity contribution >= 4 is 18.3 Å². The summed E-state index contributed by atoms with van der Waals surface area (Å²) >= 11 is 0. The van der Waals surface area contributed by atoms with E-state index in [9.17, 15) is 4.79 Å². The fourth-order valence-electron chi connectivity index (χ4n) is 3.51. The van der Waals surface area contributed by atoms with E-state index in [2.05, 4.69) is 53.5 Å². The second-order valence-corrected chi connectivity index (χ2v) is 7.55. The number of amides is 1. The molecule has 1 aliphatic heterocycles. The highest BCUT2D eigenvalue weighted by molar-refractivity contribution is 5.95. The molecule has 2 heterocycles. The van der Waals surface area contributed by atoms with Gasteiger partial charge in [0.05, 0.1) is 23.1 Å². The summed E-state index contributed by atoms with van der Waals surface area (Å²) in [6.07, 6.45) is 2.66. The Morgan fingerprint density at radius 2 is 1.89 bits per heavy atom. The quantitative estimate of drug-likeness (QED) is 0.695. The predicted molar refractivity (Wildman–Crippen MR) is 116 cm³/mol. The lowest BCUT2D eigenvalue weighted by Crippen LogP contribution is -2.44. The topological polar surface area (TPSA) is 62.2 Å². The summed E-state index contributed by atoms with van der Waals surface area (Å²) in [4.78, 5) is 15.2. The third-order valence-corrected chi connectivity index (χ3v) is 5.02. The minimum absolute atomic E-state index is 0. The molecule has 0 saturated carbocycles. The number of halogens is 1. The molecule has 0 unspecified atom stereocenters. The number of carbonyl (C=O) groups is 1. The smallest absolute Gasteiger partial charge is 0.254 e. The van der Waals surface area contributed by atoms with Crippen molar-refractivity contribution in [3.63, 3.8) is 0 Å². The summed E-state index contributed by atoms with van der Waals surface area (Å²) in [5.74, 6) is 0.174. The van der Waals surface area contributed by atoms with Gasteiger partial charge in [-0.05, 0) is 37.9 Å². The standard InChI is InChI=1S/C21H31N5O.ClH/c1-16(2)20-19(15-24-26(20)18-7-5-17(3)6-8-18)21(27)23-9-4-12-25-13-10-22-11-14-25;/h5-8,15-16,22H,4,9-14H2,1-3H3,(H,23,27);1H. The molecule has 2 N–H and O–H groups in total. The van der Waals surface area contributed by atoms with Gasteiger partial charge in [-0.15, -0.1) is 12.4 Å². The number of piperazine rings is 1. The molecule has 0 spiro atoms. The molecule has 0 radical (unpaired) electrons. The lowest BCUT2D eigenvalue weighted by Gasteiger charge is -2.27. The van der Waals surface area contributed by atoms with E-state index in [4.69, 9.17) is 0 Å². The Bertz CT molecular complexity index is 751. The second-order valence-electron chi connectivity index (χ2n) is 7.55. The molecule has 1 aromatic heterocycles. The molecule has 28 heavy (non-hydrogen) atoms. The monoisotopic (exact) mass is 405 g/mol. The molecule has 0 bridgehead atoms. The third-order valence-electron chi connectivity index (χ3n) is 5.02. The molecule has 0 aliphatic carbocycles. The summed E-state index contributed by atoms with van der Waals surface area (Å²) < 4.78 is 1.89. The van der Waals surface area contributed by atoms with Crippen LogP contribution >= 0.6 is 12.4 Å². The molecule has 1 fully saturated rings. The molecular weight excluding hydrogens is 374 g/mol. The lowest BCUT2D eigenvalue weighted by molar-refractivity contribution is 0.0950. The van der Waals surface area contributed by atoms with Crippen molar-refractivity contribution in [3.05, 3.63) is 47.3 Å². The molecule has 7 heteroatoms. The molecule has 2 aromatic rings. The summed E-state index contributed by atoms with van der Waals surface area (Å²) in [7, 11) is 0. The maximum Gasteiger partial charge on any atom is 0.254 e. The number of hydrogen-bond donors (Lipinski definition) is 2. The van der Waals surface area contributed by atoms with Crippen molar-refractivity contribution in [2.45, 2.75) is 33.1 Å². The Balaban J connectivity index is 0.00000280. The van der Waals surface area contributed by atoms with E-state index >= 15 is 0 Å². The average Bonchev–Trinajstić information content (AvgIpc) is 3.12. The fourth-order valence-corrected chi connectivity index (χ4v) is 3.51.